The monoisotopic (exact) mass is 264 g/mol. The fourth-order valence-corrected chi connectivity index (χ4v) is 2.00. The maximum absolute atomic E-state index is 11.7. The van der Waals surface area contributed by atoms with Crippen LogP contribution in [0.25, 0.3) is 0 Å². The number of hydrogen-bond donors (Lipinski definition) is 3. The lowest BCUT2D eigenvalue weighted by atomic mass is 10.1. The van der Waals surface area contributed by atoms with Crippen molar-refractivity contribution >= 4 is 11.6 Å². The van der Waals surface area contributed by atoms with E-state index in [1.807, 2.05) is 24.3 Å². The number of amides is 1. The van der Waals surface area contributed by atoms with E-state index in [1.165, 1.54) is 0 Å². The summed E-state index contributed by atoms with van der Waals surface area (Å²) >= 11 is 0. The highest BCUT2D eigenvalue weighted by Crippen LogP contribution is 2.19. The largest absolute Gasteiger partial charge is 0.494 e. The number of anilines is 1. The molecule has 19 heavy (non-hydrogen) atoms. The Morgan fingerprint density at radius 1 is 1.37 bits per heavy atom. The topological polar surface area (TPSA) is 70.6 Å². The van der Waals surface area contributed by atoms with Crippen LogP contribution in [-0.2, 0) is 4.79 Å². The molecule has 0 radical (unpaired) electrons. The summed E-state index contributed by atoms with van der Waals surface area (Å²) in [7, 11) is 0. The fraction of sp³-hybridized carbons (Fsp3) is 0.500. The summed E-state index contributed by atoms with van der Waals surface area (Å²) in [6.07, 6.45) is 1.46. The molecule has 0 saturated carbocycles. The average molecular weight is 264 g/mol. The van der Waals surface area contributed by atoms with E-state index >= 15 is 0 Å². The predicted octanol–water partition coefficient (Wildman–Crippen LogP) is 1.48. The summed E-state index contributed by atoms with van der Waals surface area (Å²) in [4.78, 5) is 11.7. The summed E-state index contributed by atoms with van der Waals surface area (Å²) in [5, 5.41) is 15.0. The molecule has 1 saturated heterocycles. The van der Waals surface area contributed by atoms with Crippen molar-refractivity contribution in [1.82, 2.24) is 5.32 Å². The quantitative estimate of drug-likeness (QED) is 0.753. The number of nitrogens with one attached hydrogen (secondary N) is 2. The zero-order chi connectivity index (χ0) is 13.7. The molecule has 3 N–H and O–H groups in total. The Morgan fingerprint density at radius 2 is 2.11 bits per heavy atom. The molecule has 1 heterocycles. The molecule has 1 aromatic rings. The number of rotatable bonds is 5. The first kappa shape index (κ1) is 13.7. The average Bonchev–Trinajstić information content (AvgIpc) is 2.41. The van der Waals surface area contributed by atoms with E-state index in [2.05, 4.69) is 17.6 Å². The summed E-state index contributed by atoms with van der Waals surface area (Å²) in [5.41, 5.74) is 0.875. The first-order valence-corrected chi connectivity index (χ1v) is 6.67. The zero-order valence-electron chi connectivity index (χ0n) is 11.1. The van der Waals surface area contributed by atoms with E-state index in [0.717, 1.165) is 17.9 Å². The molecule has 1 aromatic carbocycles. The molecule has 0 spiro atoms. The summed E-state index contributed by atoms with van der Waals surface area (Å²) in [6.45, 7) is 2.77. The summed E-state index contributed by atoms with van der Waals surface area (Å²) < 4.78 is 5.50. The van der Waals surface area contributed by atoms with Crippen LogP contribution >= 0.6 is 0 Å². The molecule has 2 rings (SSSR count). The summed E-state index contributed by atoms with van der Waals surface area (Å²) in [5.74, 6) is 0.668. The van der Waals surface area contributed by atoms with Crippen LogP contribution in [0.4, 0.5) is 5.69 Å². The van der Waals surface area contributed by atoms with Crippen molar-refractivity contribution in [3.63, 3.8) is 0 Å². The van der Waals surface area contributed by atoms with Gasteiger partial charge in [-0.15, -0.1) is 0 Å². The van der Waals surface area contributed by atoms with Crippen molar-refractivity contribution in [2.24, 2.45) is 0 Å². The van der Waals surface area contributed by atoms with Crippen molar-refractivity contribution < 1.29 is 14.6 Å². The second kappa shape index (κ2) is 6.43. The smallest absolute Gasteiger partial charge is 0.244 e. The second-order valence-electron chi connectivity index (χ2n) is 4.67. The van der Waals surface area contributed by atoms with Crippen molar-refractivity contribution in [2.45, 2.75) is 38.5 Å². The predicted molar refractivity (Wildman–Crippen MR) is 73.0 cm³/mol. The van der Waals surface area contributed by atoms with Crippen LogP contribution in [-0.4, -0.2) is 29.9 Å². The number of benzene rings is 1. The number of hydrogen-bond acceptors (Lipinski definition) is 4. The molecular formula is C14H20N2O3. The van der Waals surface area contributed by atoms with E-state index < -0.39 is 6.23 Å². The molecule has 1 fully saturated rings. The van der Waals surface area contributed by atoms with Gasteiger partial charge in [0.15, 0.2) is 0 Å². The van der Waals surface area contributed by atoms with E-state index in [-0.39, 0.29) is 11.9 Å². The first-order valence-electron chi connectivity index (χ1n) is 6.67. The molecule has 104 valence electrons. The molecule has 2 unspecified atom stereocenters. The Kier molecular flexibility index (Phi) is 4.63. The standard InChI is InChI=1S/C14H20N2O3/c1-2-9-19-11-5-3-10(4-6-11)15-12-7-8-13(17)16-14(12)18/h3-6,12-13,15,17H,2,7-9H2,1H3,(H,16,18). The molecule has 0 aliphatic carbocycles. The number of carbonyl (C=O) groups excluding carboxylic acids is 1. The minimum atomic E-state index is -0.713. The Morgan fingerprint density at radius 3 is 2.74 bits per heavy atom. The van der Waals surface area contributed by atoms with Gasteiger partial charge in [-0.1, -0.05) is 6.92 Å². The van der Waals surface area contributed by atoms with Crippen LogP contribution < -0.4 is 15.4 Å². The first-order chi connectivity index (χ1) is 9.19. The van der Waals surface area contributed by atoms with Gasteiger partial charge in [0.2, 0.25) is 5.91 Å². The summed E-state index contributed by atoms with van der Waals surface area (Å²) in [6, 6.07) is 7.26. The Hall–Kier alpha value is -1.75. The molecule has 5 nitrogen and oxygen atoms in total. The number of piperidine rings is 1. The van der Waals surface area contributed by atoms with Gasteiger partial charge in [-0.3, -0.25) is 4.79 Å². The molecular weight excluding hydrogens is 244 g/mol. The van der Waals surface area contributed by atoms with Crippen LogP contribution in [0.15, 0.2) is 24.3 Å². The zero-order valence-corrected chi connectivity index (χ0v) is 11.1. The van der Waals surface area contributed by atoms with Crippen LogP contribution in [0.5, 0.6) is 5.75 Å². The number of aliphatic hydroxyl groups excluding tert-OH is 1. The van der Waals surface area contributed by atoms with Crippen LogP contribution in [0.2, 0.25) is 0 Å². The lowest BCUT2D eigenvalue weighted by Crippen LogP contribution is -2.49. The Labute approximate surface area is 113 Å². The number of carbonyl (C=O) groups is 1. The van der Waals surface area contributed by atoms with Crippen molar-refractivity contribution in [2.75, 3.05) is 11.9 Å². The maximum Gasteiger partial charge on any atom is 0.244 e. The van der Waals surface area contributed by atoms with Crippen LogP contribution in [0.3, 0.4) is 0 Å². The van der Waals surface area contributed by atoms with Gasteiger partial charge >= 0.3 is 0 Å². The van der Waals surface area contributed by atoms with E-state index in [4.69, 9.17) is 4.74 Å². The van der Waals surface area contributed by atoms with Crippen molar-refractivity contribution in [3.05, 3.63) is 24.3 Å². The molecule has 0 bridgehead atoms. The molecule has 2 atom stereocenters. The minimum Gasteiger partial charge on any atom is -0.494 e. The highest BCUT2D eigenvalue weighted by Gasteiger charge is 2.26. The third-order valence-electron chi connectivity index (χ3n) is 3.02. The highest BCUT2D eigenvalue weighted by molar-refractivity contribution is 5.85. The molecule has 0 aromatic heterocycles. The lowest BCUT2D eigenvalue weighted by Gasteiger charge is -2.27. The van der Waals surface area contributed by atoms with Gasteiger partial charge in [-0.2, -0.15) is 0 Å². The Balaban J connectivity index is 1.90. The fourth-order valence-electron chi connectivity index (χ4n) is 2.00. The van der Waals surface area contributed by atoms with Gasteiger partial charge < -0.3 is 20.5 Å². The third-order valence-corrected chi connectivity index (χ3v) is 3.02. The van der Waals surface area contributed by atoms with Gasteiger partial charge in [-0.05, 0) is 43.5 Å². The molecule has 1 amide bonds. The van der Waals surface area contributed by atoms with E-state index in [1.54, 1.807) is 0 Å². The Bertz CT molecular complexity index is 419. The van der Waals surface area contributed by atoms with Crippen LogP contribution in [0, 0.1) is 0 Å². The van der Waals surface area contributed by atoms with Gasteiger partial charge in [0.1, 0.15) is 18.0 Å². The molecule has 1 aliphatic rings. The van der Waals surface area contributed by atoms with Gasteiger partial charge in [-0.25, -0.2) is 0 Å². The lowest BCUT2D eigenvalue weighted by molar-refractivity contribution is -0.127. The highest BCUT2D eigenvalue weighted by atomic mass is 16.5. The van der Waals surface area contributed by atoms with Gasteiger partial charge in [0, 0.05) is 5.69 Å². The number of aliphatic hydroxyl groups is 1. The van der Waals surface area contributed by atoms with Crippen LogP contribution in [0.1, 0.15) is 26.2 Å². The molecule has 1 aliphatic heterocycles. The maximum atomic E-state index is 11.7. The van der Waals surface area contributed by atoms with E-state index in [0.29, 0.717) is 19.4 Å². The van der Waals surface area contributed by atoms with Gasteiger partial charge in [0.25, 0.3) is 0 Å². The van der Waals surface area contributed by atoms with E-state index in [9.17, 15) is 9.90 Å². The number of ether oxygens (including phenoxy) is 1. The normalized spacial score (nSPS) is 22.7. The van der Waals surface area contributed by atoms with Crippen molar-refractivity contribution in [1.29, 1.82) is 0 Å². The second-order valence-corrected chi connectivity index (χ2v) is 4.67. The van der Waals surface area contributed by atoms with Gasteiger partial charge in [0.05, 0.1) is 6.61 Å². The third kappa shape index (κ3) is 3.86. The molecule has 5 heteroatoms. The SMILES string of the molecule is CCCOc1ccc(NC2CCC(O)NC2=O)cc1. The van der Waals surface area contributed by atoms with Crippen molar-refractivity contribution in [3.8, 4) is 5.75 Å². The minimum absolute atomic E-state index is 0.162.